The van der Waals surface area contributed by atoms with Gasteiger partial charge in [0.05, 0.1) is 18.1 Å². The fraction of sp³-hybridized carbons (Fsp3) is 0.500. The summed E-state index contributed by atoms with van der Waals surface area (Å²) in [6, 6.07) is 1.65. The van der Waals surface area contributed by atoms with Crippen LogP contribution >= 0.6 is 0 Å². The molecule has 1 aliphatic heterocycles. The van der Waals surface area contributed by atoms with E-state index in [1.165, 1.54) is 16.8 Å². The number of aromatic nitrogens is 4. The maximum Gasteiger partial charge on any atom is 0.262 e. The minimum Gasteiger partial charge on any atom is -0.339 e. The van der Waals surface area contributed by atoms with Gasteiger partial charge in [0.1, 0.15) is 0 Å². The number of nitrogens with zero attached hydrogens (tertiary/aromatic N) is 4. The molecule has 1 saturated heterocycles. The molecule has 108 valence electrons. The molecule has 20 heavy (non-hydrogen) atoms. The van der Waals surface area contributed by atoms with Crippen LogP contribution in [0.4, 0.5) is 0 Å². The number of rotatable bonds is 3. The second-order valence-electron chi connectivity index (χ2n) is 5.02. The first kappa shape index (κ1) is 13.3. The number of piperidine rings is 1. The van der Waals surface area contributed by atoms with Gasteiger partial charge in [-0.2, -0.15) is 9.40 Å². The predicted molar refractivity (Wildman–Crippen MR) is 72.3 cm³/mol. The first-order valence-electron chi connectivity index (χ1n) is 6.58. The van der Waals surface area contributed by atoms with Gasteiger partial charge in [0, 0.05) is 26.0 Å². The standard InChI is InChI=1S/C12H17N5O2S/c1-16-8-12(13-9-16)20(18,19)17-7-3-2-4-11(17)10-5-6-14-15-10/h5-6,8-9,11H,2-4,7H2,1H3,(H,14,15). The van der Waals surface area contributed by atoms with Gasteiger partial charge in [0.25, 0.3) is 10.0 Å². The normalized spacial score (nSPS) is 21.1. The van der Waals surface area contributed by atoms with E-state index in [1.807, 2.05) is 6.07 Å². The second-order valence-corrected chi connectivity index (χ2v) is 6.85. The number of hydrogen-bond acceptors (Lipinski definition) is 4. The van der Waals surface area contributed by atoms with E-state index in [0.717, 1.165) is 25.0 Å². The van der Waals surface area contributed by atoms with Crippen LogP contribution in [-0.2, 0) is 17.1 Å². The van der Waals surface area contributed by atoms with Crippen molar-refractivity contribution in [1.82, 2.24) is 24.1 Å². The Labute approximate surface area is 117 Å². The molecule has 0 spiro atoms. The Morgan fingerprint density at radius 3 is 2.90 bits per heavy atom. The molecule has 7 nitrogen and oxygen atoms in total. The zero-order chi connectivity index (χ0) is 14.2. The Balaban J connectivity index is 1.97. The zero-order valence-electron chi connectivity index (χ0n) is 11.2. The highest BCUT2D eigenvalue weighted by Gasteiger charge is 2.36. The van der Waals surface area contributed by atoms with Crippen molar-refractivity contribution < 1.29 is 8.42 Å². The smallest absolute Gasteiger partial charge is 0.262 e. The molecule has 0 amide bonds. The molecular weight excluding hydrogens is 278 g/mol. The highest BCUT2D eigenvalue weighted by atomic mass is 32.2. The van der Waals surface area contributed by atoms with Crippen LogP contribution in [0.2, 0.25) is 0 Å². The molecule has 1 atom stereocenters. The quantitative estimate of drug-likeness (QED) is 0.917. The van der Waals surface area contributed by atoms with Crippen LogP contribution in [0.3, 0.4) is 0 Å². The third kappa shape index (κ3) is 2.25. The maximum atomic E-state index is 12.7. The summed E-state index contributed by atoms with van der Waals surface area (Å²) >= 11 is 0. The average molecular weight is 295 g/mol. The first-order valence-corrected chi connectivity index (χ1v) is 8.02. The van der Waals surface area contributed by atoms with E-state index in [4.69, 9.17) is 0 Å². The van der Waals surface area contributed by atoms with Gasteiger partial charge in [-0.1, -0.05) is 6.42 Å². The molecule has 0 aromatic carbocycles. The summed E-state index contributed by atoms with van der Waals surface area (Å²) < 4.78 is 28.6. The van der Waals surface area contributed by atoms with Gasteiger partial charge in [-0.25, -0.2) is 13.4 Å². The Morgan fingerprint density at radius 2 is 2.25 bits per heavy atom. The van der Waals surface area contributed by atoms with Crippen molar-refractivity contribution in [1.29, 1.82) is 0 Å². The molecule has 1 N–H and O–H groups in total. The van der Waals surface area contributed by atoms with Crippen LogP contribution in [0.5, 0.6) is 0 Å². The van der Waals surface area contributed by atoms with E-state index in [9.17, 15) is 8.42 Å². The molecule has 1 aliphatic rings. The SMILES string of the molecule is Cn1cnc(S(=O)(=O)N2CCCCC2c2ccn[nH]2)c1. The maximum absolute atomic E-state index is 12.7. The Hall–Kier alpha value is -1.67. The fourth-order valence-electron chi connectivity index (χ4n) is 2.60. The first-order chi connectivity index (χ1) is 9.59. The summed E-state index contributed by atoms with van der Waals surface area (Å²) in [4.78, 5) is 3.99. The van der Waals surface area contributed by atoms with Crippen molar-refractivity contribution >= 4 is 10.0 Å². The molecule has 3 rings (SSSR count). The van der Waals surface area contributed by atoms with Gasteiger partial charge >= 0.3 is 0 Å². The van der Waals surface area contributed by atoms with Gasteiger partial charge in [0.2, 0.25) is 0 Å². The van der Waals surface area contributed by atoms with E-state index in [2.05, 4.69) is 15.2 Å². The number of aryl methyl sites for hydroxylation is 1. The third-order valence-electron chi connectivity index (χ3n) is 3.59. The summed E-state index contributed by atoms with van der Waals surface area (Å²) in [5.41, 5.74) is 0.837. The highest BCUT2D eigenvalue weighted by molar-refractivity contribution is 7.89. The second kappa shape index (κ2) is 5.02. The number of imidazole rings is 1. The van der Waals surface area contributed by atoms with E-state index in [0.29, 0.717) is 6.54 Å². The molecule has 3 heterocycles. The van der Waals surface area contributed by atoms with Crippen molar-refractivity contribution in [2.45, 2.75) is 30.3 Å². The number of aromatic amines is 1. The van der Waals surface area contributed by atoms with Gasteiger partial charge in [0.15, 0.2) is 5.03 Å². The van der Waals surface area contributed by atoms with Crippen LogP contribution in [0.1, 0.15) is 31.0 Å². The van der Waals surface area contributed by atoms with Crippen LogP contribution in [0.25, 0.3) is 0 Å². The van der Waals surface area contributed by atoms with Gasteiger partial charge in [-0.3, -0.25) is 5.10 Å². The molecule has 8 heteroatoms. The minimum absolute atomic E-state index is 0.103. The van der Waals surface area contributed by atoms with E-state index in [1.54, 1.807) is 17.8 Å². The lowest BCUT2D eigenvalue weighted by atomic mass is 10.0. The molecule has 1 fully saturated rings. The van der Waals surface area contributed by atoms with Crippen molar-refractivity contribution in [3.8, 4) is 0 Å². The van der Waals surface area contributed by atoms with E-state index in [-0.39, 0.29) is 11.1 Å². The van der Waals surface area contributed by atoms with E-state index < -0.39 is 10.0 Å². The third-order valence-corrected chi connectivity index (χ3v) is 5.38. The van der Waals surface area contributed by atoms with Crippen molar-refractivity contribution in [2.75, 3.05) is 6.54 Å². The van der Waals surface area contributed by atoms with Crippen molar-refractivity contribution in [3.63, 3.8) is 0 Å². The van der Waals surface area contributed by atoms with Gasteiger partial charge in [-0.15, -0.1) is 0 Å². The van der Waals surface area contributed by atoms with E-state index >= 15 is 0 Å². The Morgan fingerprint density at radius 1 is 1.40 bits per heavy atom. The lowest BCUT2D eigenvalue weighted by Gasteiger charge is -2.33. The monoisotopic (exact) mass is 295 g/mol. The molecule has 0 saturated carbocycles. The summed E-state index contributed by atoms with van der Waals surface area (Å²) in [6.07, 6.45) is 7.37. The molecular formula is C12H17N5O2S. The molecule has 0 aliphatic carbocycles. The lowest BCUT2D eigenvalue weighted by molar-refractivity contribution is 0.251. The topological polar surface area (TPSA) is 83.9 Å². The number of sulfonamides is 1. The number of hydrogen-bond donors (Lipinski definition) is 1. The van der Waals surface area contributed by atoms with Crippen LogP contribution in [0, 0.1) is 0 Å². The fourth-order valence-corrected chi connectivity index (χ4v) is 4.24. The number of nitrogens with one attached hydrogen (secondary N) is 1. The van der Waals surface area contributed by atoms with Crippen molar-refractivity contribution in [3.05, 3.63) is 30.5 Å². The predicted octanol–water partition coefficient (Wildman–Crippen LogP) is 1.06. The van der Waals surface area contributed by atoms with Crippen molar-refractivity contribution in [2.24, 2.45) is 7.05 Å². The molecule has 0 radical (unpaired) electrons. The zero-order valence-corrected chi connectivity index (χ0v) is 12.0. The number of H-pyrrole nitrogens is 1. The van der Waals surface area contributed by atoms with Crippen LogP contribution < -0.4 is 0 Å². The summed E-state index contributed by atoms with van der Waals surface area (Å²) in [7, 11) is -1.80. The van der Waals surface area contributed by atoms with Crippen LogP contribution in [-0.4, -0.2) is 39.0 Å². The molecule has 2 aromatic rings. The summed E-state index contributed by atoms with van der Waals surface area (Å²) in [6.45, 7) is 0.516. The molecule has 1 unspecified atom stereocenters. The summed E-state index contributed by atoms with van der Waals surface area (Å²) in [5.74, 6) is 0. The summed E-state index contributed by atoms with van der Waals surface area (Å²) in [5, 5.41) is 6.91. The molecule has 2 aromatic heterocycles. The minimum atomic E-state index is -3.56. The van der Waals surface area contributed by atoms with Gasteiger partial charge in [-0.05, 0) is 18.9 Å². The van der Waals surface area contributed by atoms with Gasteiger partial charge < -0.3 is 4.57 Å². The Kier molecular flexibility index (Phi) is 3.35. The highest BCUT2D eigenvalue weighted by Crippen LogP contribution is 2.33. The lowest BCUT2D eigenvalue weighted by Crippen LogP contribution is -2.38. The Bertz CT molecular complexity index is 677. The molecule has 0 bridgehead atoms. The van der Waals surface area contributed by atoms with Crippen LogP contribution in [0.15, 0.2) is 29.8 Å². The average Bonchev–Trinajstić information content (AvgIpc) is 3.10. The largest absolute Gasteiger partial charge is 0.339 e.